The Morgan fingerprint density at radius 2 is 1.77 bits per heavy atom. The van der Waals surface area contributed by atoms with Crippen molar-refractivity contribution in [2.75, 3.05) is 26.2 Å². The van der Waals surface area contributed by atoms with Gasteiger partial charge >= 0.3 is 0 Å². The lowest BCUT2D eigenvalue weighted by molar-refractivity contribution is -0.0257. The Balaban J connectivity index is 1.24. The minimum atomic E-state index is -0.711. The van der Waals surface area contributed by atoms with Gasteiger partial charge in [0.1, 0.15) is 18.2 Å². The highest BCUT2D eigenvalue weighted by molar-refractivity contribution is 5.64. The van der Waals surface area contributed by atoms with Gasteiger partial charge in [-0.2, -0.15) is 0 Å². The van der Waals surface area contributed by atoms with Gasteiger partial charge in [-0.25, -0.2) is 0 Å². The van der Waals surface area contributed by atoms with Crippen LogP contribution >= 0.6 is 0 Å². The van der Waals surface area contributed by atoms with Crippen molar-refractivity contribution in [3.63, 3.8) is 0 Å². The largest absolute Gasteiger partial charge is 0.491 e. The number of rotatable bonds is 4. The highest BCUT2D eigenvalue weighted by atomic mass is 16.5. The summed E-state index contributed by atoms with van der Waals surface area (Å²) in [5.41, 5.74) is 2.56. The number of nitrogens with zero attached hydrogens (tertiary/aromatic N) is 4. The summed E-state index contributed by atoms with van der Waals surface area (Å²) in [5, 5.41) is 20.1. The van der Waals surface area contributed by atoms with Crippen molar-refractivity contribution in [1.29, 1.82) is 0 Å². The number of hydrogen-bond acceptors (Lipinski definition) is 5. The summed E-state index contributed by atoms with van der Waals surface area (Å²) in [6.07, 6.45) is 2.36. The molecule has 1 fully saturated rings. The standard InChI is InChI=1S/C24H28N4O2/c1-18-6-8-19(9-7-18)24(29)11-14-27(15-12-24)13-10-22-25-26-23-20-4-2-3-5-21(20)30-17-16-28(22)23/h2-9,29H,10-17H2,1H3. The summed E-state index contributed by atoms with van der Waals surface area (Å²) in [6.45, 7) is 6.16. The first-order chi connectivity index (χ1) is 14.6. The van der Waals surface area contributed by atoms with Crippen LogP contribution in [0.5, 0.6) is 5.75 Å². The number of hydrogen-bond donors (Lipinski definition) is 1. The minimum absolute atomic E-state index is 0.627. The van der Waals surface area contributed by atoms with E-state index in [0.717, 1.165) is 74.0 Å². The van der Waals surface area contributed by atoms with Gasteiger partial charge in [-0.3, -0.25) is 0 Å². The van der Waals surface area contributed by atoms with E-state index in [2.05, 4.69) is 50.9 Å². The molecule has 0 atom stereocenters. The van der Waals surface area contributed by atoms with Gasteiger partial charge in [-0.1, -0.05) is 42.0 Å². The second-order valence-corrected chi connectivity index (χ2v) is 8.43. The van der Waals surface area contributed by atoms with Crippen molar-refractivity contribution in [3.05, 3.63) is 65.5 Å². The van der Waals surface area contributed by atoms with Crippen molar-refractivity contribution in [3.8, 4) is 17.1 Å². The molecule has 1 saturated heterocycles. The Bertz CT molecular complexity index is 1020. The Labute approximate surface area is 177 Å². The molecule has 2 aliphatic rings. The number of benzene rings is 2. The van der Waals surface area contributed by atoms with E-state index >= 15 is 0 Å². The molecule has 2 aromatic carbocycles. The molecule has 30 heavy (non-hydrogen) atoms. The molecule has 0 unspecified atom stereocenters. The van der Waals surface area contributed by atoms with Crippen molar-refractivity contribution in [2.24, 2.45) is 0 Å². The summed E-state index contributed by atoms with van der Waals surface area (Å²) >= 11 is 0. The molecule has 0 bridgehead atoms. The number of ether oxygens (including phenoxy) is 1. The van der Waals surface area contributed by atoms with E-state index in [1.807, 2.05) is 24.3 Å². The monoisotopic (exact) mass is 404 g/mol. The van der Waals surface area contributed by atoms with Gasteiger partial charge in [0, 0.05) is 26.1 Å². The van der Waals surface area contributed by atoms with Crippen LogP contribution in [0.15, 0.2) is 48.5 Å². The minimum Gasteiger partial charge on any atom is -0.491 e. The van der Waals surface area contributed by atoms with E-state index in [1.54, 1.807) is 0 Å². The number of fused-ring (bicyclic) bond motifs is 3. The molecule has 0 amide bonds. The molecule has 0 spiro atoms. The Kier molecular flexibility index (Phi) is 5.05. The third-order valence-electron chi connectivity index (χ3n) is 6.45. The molecule has 3 aromatic rings. The van der Waals surface area contributed by atoms with E-state index in [1.165, 1.54) is 5.56 Å². The maximum Gasteiger partial charge on any atom is 0.167 e. The van der Waals surface area contributed by atoms with E-state index in [0.29, 0.717) is 6.61 Å². The molecule has 6 heteroatoms. The predicted octanol–water partition coefficient (Wildman–Crippen LogP) is 3.17. The summed E-state index contributed by atoms with van der Waals surface area (Å²) in [7, 11) is 0. The highest BCUT2D eigenvalue weighted by Crippen LogP contribution is 2.33. The highest BCUT2D eigenvalue weighted by Gasteiger charge is 2.34. The van der Waals surface area contributed by atoms with Gasteiger partial charge < -0.3 is 19.3 Å². The van der Waals surface area contributed by atoms with Crippen LogP contribution in [0, 0.1) is 6.92 Å². The molecule has 6 nitrogen and oxygen atoms in total. The zero-order valence-electron chi connectivity index (χ0n) is 17.4. The maximum atomic E-state index is 11.1. The third kappa shape index (κ3) is 3.61. The van der Waals surface area contributed by atoms with Crippen LogP contribution in [-0.4, -0.2) is 51.0 Å². The first-order valence-electron chi connectivity index (χ1n) is 10.8. The van der Waals surface area contributed by atoms with Gasteiger partial charge in [0.05, 0.1) is 17.7 Å². The number of aromatic nitrogens is 3. The number of para-hydroxylation sites is 1. The SMILES string of the molecule is Cc1ccc(C2(O)CCN(CCc3nnc4n3CCOc3ccccc3-4)CC2)cc1. The summed E-state index contributed by atoms with van der Waals surface area (Å²) < 4.78 is 8.08. The van der Waals surface area contributed by atoms with E-state index < -0.39 is 5.60 Å². The molecular weight excluding hydrogens is 376 g/mol. The average Bonchev–Trinajstić information content (AvgIpc) is 3.07. The van der Waals surface area contributed by atoms with E-state index in [9.17, 15) is 5.11 Å². The zero-order valence-corrected chi connectivity index (χ0v) is 17.4. The summed E-state index contributed by atoms with van der Waals surface area (Å²) in [5.74, 6) is 2.77. The smallest absolute Gasteiger partial charge is 0.167 e. The first-order valence-corrected chi connectivity index (χ1v) is 10.8. The molecule has 0 aliphatic carbocycles. The fraction of sp³-hybridized carbons (Fsp3) is 0.417. The van der Waals surface area contributed by atoms with Crippen LogP contribution in [0.2, 0.25) is 0 Å². The number of aryl methyl sites for hydroxylation is 1. The summed E-state index contributed by atoms with van der Waals surface area (Å²) in [4.78, 5) is 2.42. The first kappa shape index (κ1) is 19.3. The number of aliphatic hydroxyl groups is 1. The molecule has 1 aromatic heterocycles. The molecular formula is C24H28N4O2. The van der Waals surface area contributed by atoms with Crippen LogP contribution in [-0.2, 0) is 18.6 Å². The van der Waals surface area contributed by atoms with E-state index in [-0.39, 0.29) is 0 Å². The Morgan fingerprint density at radius 3 is 2.57 bits per heavy atom. The number of piperidine rings is 1. The van der Waals surface area contributed by atoms with Crippen molar-refractivity contribution < 1.29 is 9.84 Å². The van der Waals surface area contributed by atoms with Crippen LogP contribution in [0.3, 0.4) is 0 Å². The Morgan fingerprint density at radius 1 is 1.00 bits per heavy atom. The average molecular weight is 405 g/mol. The van der Waals surface area contributed by atoms with Gasteiger partial charge in [0.2, 0.25) is 0 Å². The second-order valence-electron chi connectivity index (χ2n) is 8.43. The van der Waals surface area contributed by atoms with Gasteiger partial charge in [0.15, 0.2) is 5.82 Å². The fourth-order valence-corrected chi connectivity index (χ4v) is 4.54. The van der Waals surface area contributed by atoms with Crippen molar-refractivity contribution in [1.82, 2.24) is 19.7 Å². The molecule has 5 rings (SSSR count). The van der Waals surface area contributed by atoms with Gasteiger partial charge in [-0.05, 0) is 37.5 Å². The molecule has 0 radical (unpaired) electrons. The van der Waals surface area contributed by atoms with Crippen molar-refractivity contribution >= 4 is 0 Å². The van der Waals surface area contributed by atoms with Crippen LogP contribution < -0.4 is 4.74 Å². The molecule has 3 heterocycles. The Hall–Kier alpha value is -2.70. The lowest BCUT2D eigenvalue weighted by Gasteiger charge is -2.38. The van der Waals surface area contributed by atoms with Gasteiger partial charge in [-0.15, -0.1) is 10.2 Å². The third-order valence-corrected chi connectivity index (χ3v) is 6.45. The fourth-order valence-electron chi connectivity index (χ4n) is 4.54. The molecule has 1 N–H and O–H groups in total. The topological polar surface area (TPSA) is 63.4 Å². The normalized spacial score (nSPS) is 18.2. The maximum absolute atomic E-state index is 11.1. The molecule has 156 valence electrons. The molecule has 0 saturated carbocycles. The lowest BCUT2D eigenvalue weighted by Crippen LogP contribution is -2.43. The van der Waals surface area contributed by atoms with Crippen LogP contribution in [0.25, 0.3) is 11.4 Å². The summed E-state index contributed by atoms with van der Waals surface area (Å²) in [6, 6.07) is 16.3. The van der Waals surface area contributed by atoms with Crippen LogP contribution in [0.4, 0.5) is 0 Å². The molecule has 2 aliphatic heterocycles. The van der Waals surface area contributed by atoms with Crippen molar-refractivity contribution in [2.45, 2.75) is 38.3 Å². The van der Waals surface area contributed by atoms with Crippen LogP contribution in [0.1, 0.15) is 29.8 Å². The number of likely N-dealkylation sites (tertiary alicyclic amines) is 1. The second kappa shape index (κ2) is 7.85. The lowest BCUT2D eigenvalue weighted by atomic mass is 9.84. The zero-order chi connectivity index (χ0) is 20.6. The quantitative estimate of drug-likeness (QED) is 0.724. The predicted molar refractivity (Wildman–Crippen MR) is 115 cm³/mol. The van der Waals surface area contributed by atoms with Gasteiger partial charge in [0.25, 0.3) is 0 Å². The van der Waals surface area contributed by atoms with E-state index in [4.69, 9.17) is 4.74 Å².